The normalized spacial score (nSPS) is 15.6. The number of rotatable bonds is 3. The molecular formula is C19H19N5O2S. The predicted octanol–water partition coefficient (Wildman–Crippen LogP) is 2.57. The minimum Gasteiger partial charge on any atom is -0.382 e. The van der Waals surface area contributed by atoms with Crippen LogP contribution in [-0.4, -0.2) is 36.0 Å². The highest BCUT2D eigenvalue weighted by molar-refractivity contribution is 7.89. The minimum atomic E-state index is -3.56. The monoisotopic (exact) mass is 381 g/mol. The lowest BCUT2D eigenvalue weighted by Crippen LogP contribution is -2.49. The van der Waals surface area contributed by atoms with Gasteiger partial charge in [0.2, 0.25) is 10.0 Å². The number of benzene rings is 2. The van der Waals surface area contributed by atoms with E-state index in [4.69, 9.17) is 11.0 Å². The zero-order chi connectivity index (χ0) is 19.3. The van der Waals surface area contributed by atoms with Crippen LogP contribution in [0.2, 0.25) is 0 Å². The standard InChI is InChI=1S/C19H19N5O2S/c1-11-7-14(27(25,26)24-9-13(8-20)10-24)3-4-15(11)16-5-6-17-18(12(16)2)19(21)23-22-17/h3-7,13H,9-10H2,1-2H3,(H3,21,22,23). The number of nitrogen functional groups attached to an aromatic ring is 1. The second kappa shape index (κ2) is 6.08. The number of H-pyrrole nitrogens is 1. The van der Waals surface area contributed by atoms with Gasteiger partial charge in [0.25, 0.3) is 0 Å². The van der Waals surface area contributed by atoms with Crippen LogP contribution in [0.25, 0.3) is 22.0 Å². The molecule has 1 aliphatic rings. The molecule has 27 heavy (non-hydrogen) atoms. The average Bonchev–Trinajstić information content (AvgIpc) is 2.96. The van der Waals surface area contributed by atoms with Crippen molar-refractivity contribution in [3.8, 4) is 17.2 Å². The van der Waals surface area contributed by atoms with Gasteiger partial charge in [0.1, 0.15) is 0 Å². The second-order valence-electron chi connectivity index (χ2n) is 6.89. The van der Waals surface area contributed by atoms with Crippen molar-refractivity contribution in [1.82, 2.24) is 14.5 Å². The summed E-state index contributed by atoms with van der Waals surface area (Å²) < 4.78 is 26.8. The summed E-state index contributed by atoms with van der Waals surface area (Å²) in [6.07, 6.45) is 0. The number of hydrogen-bond acceptors (Lipinski definition) is 5. The number of aromatic nitrogens is 2. The van der Waals surface area contributed by atoms with E-state index in [0.717, 1.165) is 33.2 Å². The molecule has 3 N–H and O–H groups in total. The van der Waals surface area contributed by atoms with Crippen LogP contribution in [0, 0.1) is 31.1 Å². The maximum absolute atomic E-state index is 12.7. The number of hydrogen-bond donors (Lipinski definition) is 2. The summed E-state index contributed by atoms with van der Waals surface area (Å²) >= 11 is 0. The third kappa shape index (κ3) is 2.67. The van der Waals surface area contributed by atoms with Crippen molar-refractivity contribution in [2.45, 2.75) is 18.7 Å². The Kier molecular flexibility index (Phi) is 3.94. The summed E-state index contributed by atoms with van der Waals surface area (Å²) in [6.45, 7) is 4.39. The fourth-order valence-electron chi connectivity index (χ4n) is 3.57. The molecule has 2 heterocycles. The Labute approximate surface area is 157 Å². The summed E-state index contributed by atoms with van der Waals surface area (Å²) in [7, 11) is -3.56. The summed E-state index contributed by atoms with van der Waals surface area (Å²) in [5.74, 6) is 0.237. The van der Waals surface area contributed by atoms with Crippen LogP contribution in [-0.2, 0) is 10.0 Å². The molecule has 0 atom stereocenters. The van der Waals surface area contributed by atoms with E-state index in [0.29, 0.717) is 5.82 Å². The molecule has 0 aliphatic carbocycles. The summed E-state index contributed by atoms with van der Waals surface area (Å²) in [5, 5.41) is 16.7. The molecule has 7 nitrogen and oxygen atoms in total. The van der Waals surface area contributed by atoms with Gasteiger partial charge in [0.15, 0.2) is 5.82 Å². The molecule has 4 rings (SSSR count). The number of fused-ring (bicyclic) bond motifs is 1. The molecule has 138 valence electrons. The van der Waals surface area contributed by atoms with Crippen LogP contribution in [0.1, 0.15) is 11.1 Å². The zero-order valence-corrected chi connectivity index (χ0v) is 15.8. The van der Waals surface area contributed by atoms with Crippen molar-refractivity contribution in [2.24, 2.45) is 5.92 Å². The average molecular weight is 381 g/mol. The Bertz CT molecular complexity index is 1200. The first-order valence-corrected chi connectivity index (χ1v) is 10.0. The number of sulfonamides is 1. The van der Waals surface area contributed by atoms with Crippen molar-refractivity contribution >= 4 is 26.7 Å². The number of anilines is 1. The van der Waals surface area contributed by atoms with E-state index in [-0.39, 0.29) is 23.9 Å². The molecule has 0 saturated carbocycles. The molecule has 3 aromatic rings. The van der Waals surface area contributed by atoms with Gasteiger partial charge in [-0.3, -0.25) is 5.10 Å². The van der Waals surface area contributed by atoms with E-state index in [1.54, 1.807) is 12.1 Å². The van der Waals surface area contributed by atoms with Crippen LogP contribution in [0.3, 0.4) is 0 Å². The van der Waals surface area contributed by atoms with E-state index in [1.807, 2.05) is 32.0 Å². The van der Waals surface area contributed by atoms with E-state index >= 15 is 0 Å². The number of aryl methyl sites for hydroxylation is 2. The minimum absolute atomic E-state index is 0.213. The second-order valence-corrected chi connectivity index (χ2v) is 8.83. The molecule has 0 radical (unpaired) electrons. The summed E-state index contributed by atoms with van der Waals surface area (Å²) in [5.41, 5.74) is 10.6. The van der Waals surface area contributed by atoms with Gasteiger partial charge < -0.3 is 5.73 Å². The maximum atomic E-state index is 12.7. The van der Waals surface area contributed by atoms with Gasteiger partial charge in [-0.1, -0.05) is 12.1 Å². The fourth-order valence-corrected chi connectivity index (χ4v) is 5.18. The SMILES string of the molecule is Cc1cc(S(=O)(=O)N2CC(C#N)C2)ccc1-c1ccc2[nH]nc(N)c2c1C. The van der Waals surface area contributed by atoms with Crippen molar-refractivity contribution < 1.29 is 8.42 Å². The lowest BCUT2D eigenvalue weighted by atomic mass is 9.94. The molecule has 1 aliphatic heterocycles. The quantitative estimate of drug-likeness (QED) is 0.723. The van der Waals surface area contributed by atoms with Gasteiger partial charge in [-0.2, -0.15) is 14.7 Å². The van der Waals surface area contributed by atoms with Crippen LogP contribution in [0.4, 0.5) is 5.82 Å². The Hall–Kier alpha value is -2.89. The molecule has 2 aromatic carbocycles. The lowest BCUT2D eigenvalue weighted by Gasteiger charge is -2.34. The van der Waals surface area contributed by atoms with Crippen molar-refractivity contribution in [3.63, 3.8) is 0 Å². The highest BCUT2D eigenvalue weighted by Gasteiger charge is 2.36. The smallest absolute Gasteiger partial charge is 0.243 e. The summed E-state index contributed by atoms with van der Waals surface area (Å²) in [6, 6.07) is 11.1. The van der Waals surface area contributed by atoms with Crippen LogP contribution in [0.5, 0.6) is 0 Å². The Morgan fingerprint density at radius 3 is 2.59 bits per heavy atom. The first-order valence-electron chi connectivity index (χ1n) is 8.57. The highest BCUT2D eigenvalue weighted by Crippen LogP contribution is 2.35. The van der Waals surface area contributed by atoms with E-state index in [9.17, 15) is 8.42 Å². The third-order valence-electron chi connectivity index (χ3n) is 5.17. The Balaban J connectivity index is 1.74. The molecule has 0 bridgehead atoms. The maximum Gasteiger partial charge on any atom is 0.243 e. The zero-order valence-electron chi connectivity index (χ0n) is 15.0. The number of aromatic amines is 1. The van der Waals surface area contributed by atoms with Gasteiger partial charge in [-0.25, -0.2) is 8.42 Å². The van der Waals surface area contributed by atoms with E-state index < -0.39 is 10.0 Å². The lowest BCUT2D eigenvalue weighted by molar-refractivity contribution is 0.248. The predicted molar refractivity (Wildman–Crippen MR) is 103 cm³/mol. The topological polar surface area (TPSA) is 116 Å². The van der Waals surface area contributed by atoms with Crippen molar-refractivity contribution in [1.29, 1.82) is 5.26 Å². The van der Waals surface area contributed by atoms with Crippen molar-refractivity contribution in [2.75, 3.05) is 18.8 Å². The Morgan fingerprint density at radius 1 is 1.22 bits per heavy atom. The number of nitriles is 1. The van der Waals surface area contributed by atoms with Crippen LogP contribution in [0.15, 0.2) is 35.2 Å². The van der Waals surface area contributed by atoms with Gasteiger partial charge in [0.05, 0.1) is 22.4 Å². The van der Waals surface area contributed by atoms with Gasteiger partial charge in [-0.05, 0) is 54.3 Å². The first kappa shape index (κ1) is 17.5. The molecule has 1 aromatic heterocycles. The Morgan fingerprint density at radius 2 is 1.93 bits per heavy atom. The van der Waals surface area contributed by atoms with Gasteiger partial charge >= 0.3 is 0 Å². The first-order chi connectivity index (χ1) is 12.8. The van der Waals surface area contributed by atoms with Crippen LogP contribution >= 0.6 is 0 Å². The molecule has 1 fully saturated rings. The number of nitrogens with one attached hydrogen (secondary N) is 1. The van der Waals surface area contributed by atoms with E-state index in [2.05, 4.69) is 16.3 Å². The van der Waals surface area contributed by atoms with Gasteiger partial charge in [-0.15, -0.1) is 0 Å². The molecule has 1 saturated heterocycles. The molecular weight excluding hydrogens is 362 g/mol. The number of nitrogens with two attached hydrogens (primary N) is 1. The molecule has 0 spiro atoms. The fraction of sp³-hybridized carbons (Fsp3) is 0.263. The largest absolute Gasteiger partial charge is 0.382 e. The molecule has 0 amide bonds. The van der Waals surface area contributed by atoms with Crippen molar-refractivity contribution in [3.05, 3.63) is 41.5 Å². The third-order valence-corrected chi connectivity index (χ3v) is 7.00. The highest BCUT2D eigenvalue weighted by atomic mass is 32.2. The number of nitrogens with zero attached hydrogens (tertiary/aromatic N) is 3. The summed E-state index contributed by atoms with van der Waals surface area (Å²) in [4.78, 5) is 0.252. The van der Waals surface area contributed by atoms with Gasteiger partial charge in [0, 0.05) is 18.5 Å². The van der Waals surface area contributed by atoms with Crippen LogP contribution < -0.4 is 5.73 Å². The molecule has 8 heteroatoms. The molecule has 0 unspecified atom stereocenters. The van der Waals surface area contributed by atoms with E-state index in [1.165, 1.54) is 4.31 Å².